The maximum absolute atomic E-state index is 8.81. The third-order valence-electron chi connectivity index (χ3n) is 1.71. The van der Waals surface area contributed by atoms with E-state index in [9.17, 15) is 0 Å². The van der Waals surface area contributed by atoms with E-state index in [1.165, 1.54) is 18.1 Å². The molecule has 0 saturated heterocycles. The highest BCUT2D eigenvalue weighted by Crippen LogP contribution is 2.14. The summed E-state index contributed by atoms with van der Waals surface area (Å²) < 4.78 is 0. The summed E-state index contributed by atoms with van der Waals surface area (Å²) >= 11 is 0. The smallest absolute Gasteiger partial charge is 0.116 e. The molecule has 1 aromatic rings. The molecule has 1 aromatic carbocycles. The molecule has 1 heteroatoms. The fourth-order valence-electron chi connectivity index (χ4n) is 1.03. The average Bonchev–Trinajstić information content (AvgIpc) is 2.35. The number of aryl methyl sites for hydroxylation is 1. The summed E-state index contributed by atoms with van der Waals surface area (Å²) in [5, 5.41) is 0. The second kappa shape index (κ2) is 17.3. The number of hydrogen-bond donors (Lipinski definition) is 0. The Bertz CT molecular complexity index is 251. The van der Waals surface area contributed by atoms with Gasteiger partial charge in [-0.05, 0) is 25.3 Å². The Hall–Kier alpha value is -1.11. The number of benzene rings is 1. The molecular weight excluding hydrogens is 208 g/mol. The van der Waals surface area contributed by atoms with Gasteiger partial charge in [-0.15, -0.1) is 0 Å². The first-order chi connectivity index (χ1) is 8.11. The normalized spacial score (nSPS) is 7.59. The number of rotatable bonds is 1. The molecule has 0 aliphatic rings. The minimum absolute atomic E-state index is 0.653. The van der Waals surface area contributed by atoms with Crippen LogP contribution < -0.4 is 0 Å². The lowest BCUT2D eigenvalue weighted by atomic mass is 10.0. The molecule has 100 valence electrons. The van der Waals surface area contributed by atoms with Crippen molar-refractivity contribution in [2.75, 3.05) is 0 Å². The Morgan fingerprint density at radius 2 is 1.47 bits per heavy atom. The number of hydrogen-bond acceptors (Lipinski definition) is 1. The molecule has 0 aliphatic carbocycles. The molecule has 1 rings (SSSR count). The highest BCUT2D eigenvalue weighted by Gasteiger charge is 1.96. The van der Waals surface area contributed by atoms with Crippen LogP contribution in [0.25, 0.3) is 0 Å². The first-order valence-electron chi connectivity index (χ1n) is 6.58. The van der Waals surface area contributed by atoms with Crippen molar-refractivity contribution < 1.29 is 4.79 Å². The molecule has 0 fully saturated rings. The van der Waals surface area contributed by atoms with Crippen LogP contribution in [-0.2, 0) is 4.79 Å². The first-order valence-corrected chi connectivity index (χ1v) is 6.58. The monoisotopic (exact) mass is 238 g/mol. The van der Waals surface area contributed by atoms with Gasteiger partial charge in [0.2, 0.25) is 0 Å². The third-order valence-corrected chi connectivity index (χ3v) is 1.71. The zero-order valence-corrected chi connectivity index (χ0v) is 12.9. The lowest BCUT2D eigenvalue weighted by molar-refractivity contribution is -0.106. The van der Waals surface area contributed by atoms with E-state index in [1.807, 2.05) is 27.7 Å². The molecular formula is C16H30O. The maximum atomic E-state index is 8.81. The van der Waals surface area contributed by atoms with Gasteiger partial charge < -0.3 is 4.79 Å². The summed E-state index contributed by atoms with van der Waals surface area (Å²) in [5.41, 5.74) is 2.78. The van der Waals surface area contributed by atoms with Crippen LogP contribution in [0.3, 0.4) is 0 Å². The molecule has 0 bridgehead atoms. The molecule has 0 amide bonds. The number of carbonyl (C=O) groups excluding carboxylic acids is 1. The molecule has 0 saturated carbocycles. The van der Waals surface area contributed by atoms with Crippen molar-refractivity contribution in [3.8, 4) is 0 Å². The second-order valence-electron chi connectivity index (χ2n) is 3.30. The molecule has 0 aromatic heterocycles. The van der Waals surface area contributed by atoms with Crippen LogP contribution in [0.15, 0.2) is 24.3 Å². The molecule has 0 heterocycles. The van der Waals surface area contributed by atoms with Crippen LogP contribution in [0.2, 0.25) is 0 Å². The van der Waals surface area contributed by atoms with Crippen molar-refractivity contribution in [2.45, 2.75) is 61.3 Å². The average molecular weight is 238 g/mol. The van der Waals surface area contributed by atoms with E-state index >= 15 is 0 Å². The minimum atomic E-state index is 0.653. The fraction of sp³-hybridized carbons (Fsp3) is 0.562. The van der Waals surface area contributed by atoms with Crippen molar-refractivity contribution in [1.29, 1.82) is 0 Å². The second-order valence-corrected chi connectivity index (χ2v) is 3.30. The Balaban J connectivity index is -0.000000239. The fourth-order valence-corrected chi connectivity index (χ4v) is 1.03. The molecule has 0 spiro atoms. The maximum Gasteiger partial charge on any atom is 0.116 e. The Morgan fingerprint density at radius 3 is 1.71 bits per heavy atom. The lowest BCUT2D eigenvalue weighted by Gasteiger charge is -2.04. The van der Waals surface area contributed by atoms with Gasteiger partial charge in [0, 0.05) is 0 Å². The van der Waals surface area contributed by atoms with Gasteiger partial charge in [0.05, 0.1) is 0 Å². The Labute approximate surface area is 108 Å². The molecule has 0 atom stereocenters. The van der Waals surface area contributed by atoms with Gasteiger partial charge in [-0.25, -0.2) is 0 Å². The van der Waals surface area contributed by atoms with Crippen LogP contribution in [0.5, 0.6) is 0 Å². The van der Waals surface area contributed by atoms with Crippen molar-refractivity contribution in [1.82, 2.24) is 0 Å². The summed E-state index contributed by atoms with van der Waals surface area (Å²) in [6.07, 6.45) is 0.750. The van der Waals surface area contributed by atoms with Gasteiger partial charge in [-0.3, -0.25) is 0 Å². The molecule has 0 radical (unpaired) electrons. The van der Waals surface area contributed by atoms with Crippen LogP contribution in [-0.4, -0.2) is 6.29 Å². The summed E-state index contributed by atoms with van der Waals surface area (Å²) in [6.45, 7) is 16.0. The van der Waals surface area contributed by atoms with Crippen molar-refractivity contribution in [2.24, 2.45) is 0 Å². The van der Waals surface area contributed by atoms with Crippen molar-refractivity contribution in [3.63, 3.8) is 0 Å². The summed E-state index contributed by atoms with van der Waals surface area (Å²) in [5.74, 6) is 0.653. The number of carbonyl (C=O) groups is 1. The molecule has 1 nitrogen and oxygen atoms in total. The van der Waals surface area contributed by atoms with Gasteiger partial charge in [-0.2, -0.15) is 0 Å². The van der Waals surface area contributed by atoms with E-state index in [2.05, 4.69) is 45.0 Å². The summed E-state index contributed by atoms with van der Waals surface area (Å²) in [4.78, 5) is 8.81. The predicted molar refractivity (Wildman–Crippen MR) is 79.7 cm³/mol. The van der Waals surface area contributed by atoms with Gasteiger partial charge in [-0.1, -0.05) is 71.4 Å². The number of aldehydes is 1. The quantitative estimate of drug-likeness (QED) is 0.601. The zero-order valence-electron chi connectivity index (χ0n) is 12.9. The van der Waals surface area contributed by atoms with Crippen LogP contribution >= 0.6 is 0 Å². The van der Waals surface area contributed by atoms with Gasteiger partial charge in [0.1, 0.15) is 6.29 Å². The van der Waals surface area contributed by atoms with Crippen LogP contribution in [0.1, 0.15) is 65.5 Å². The van der Waals surface area contributed by atoms with Crippen molar-refractivity contribution in [3.05, 3.63) is 35.4 Å². The first kappa shape index (κ1) is 21.2. The van der Waals surface area contributed by atoms with E-state index in [0.29, 0.717) is 5.92 Å². The van der Waals surface area contributed by atoms with E-state index in [-0.39, 0.29) is 0 Å². The highest BCUT2D eigenvalue weighted by molar-refractivity contribution is 5.44. The van der Waals surface area contributed by atoms with E-state index in [4.69, 9.17) is 4.79 Å². The Morgan fingerprint density at radius 1 is 1.06 bits per heavy atom. The standard InChI is InChI=1S/C10H14.C2H4O.2C2H6/c1-8(2)10-6-4-5-9(3)7-10;1-2-3;2*1-2/h4-8H,1-3H3;2H,1H3;2*1-2H3. The highest BCUT2D eigenvalue weighted by atomic mass is 16.1. The van der Waals surface area contributed by atoms with E-state index in [0.717, 1.165) is 6.29 Å². The van der Waals surface area contributed by atoms with Crippen LogP contribution in [0, 0.1) is 6.92 Å². The van der Waals surface area contributed by atoms with Crippen LogP contribution in [0.4, 0.5) is 0 Å². The third kappa shape index (κ3) is 14.9. The van der Waals surface area contributed by atoms with Gasteiger partial charge in [0.25, 0.3) is 0 Å². The molecule has 0 aliphatic heterocycles. The largest absolute Gasteiger partial charge is 0.304 e. The lowest BCUT2D eigenvalue weighted by Crippen LogP contribution is -1.86. The van der Waals surface area contributed by atoms with Gasteiger partial charge in [0.15, 0.2) is 0 Å². The summed E-state index contributed by atoms with van der Waals surface area (Å²) in [6, 6.07) is 8.67. The summed E-state index contributed by atoms with van der Waals surface area (Å²) in [7, 11) is 0. The topological polar surface area (TPSA) is 17.1 Å². The minimum Gasteiger partial charge on any atom is -0.304 e. The van der Waals surface area contributed by atoms with Gasteiger partial charge >= 0.3 is 0 Å². The predicted octanol–water partition coefficient (Wildman–Crippen LogP) is 5.38. The SMILES string of the molecule is CC.CC.CC=O.Cc1cccc(C(C)C)c1. The van der Waals surface area contributed by atoms with E-state index in [1.54, 1.807) is 0 Å². The van der Waals surface area contributed by atoms with Crippen molar-refractivity contribution >= 4 is 6.29 Å². The van der Waals surface area contributed by atoms with E-state index < -0.39 is 0 Å². The zero-order chi connectivity index (χ0) is 14.3. The molecule has 0 unspecified atom stereocenters. The Kier molecular flexibility index (Phi) is 21.6. The molecule has 17 heavy (non-hydrogen) atoms. The molecule has 0 N–H and O–H groups in total.